The van der Waals surface area contributed by atoms with Crippen LogP contribution in [0.3, 0.4) is 0 Å². The van der Waals surface area contributed by atoms with Gasteiger partial charge in [0.2, 0.25) is 0 Å². The summed E-state index contributed by atoms with van der Waals surface area (Å²) in [6, 6.07) is 12.6. The predicted octanol–water partition coefficient (Wildman–Crippen LogP) is 5.87. The van der Waals surface area contributed by atoms with E-state index < -0.39 is 24.3 Å². The number of aromatic nitrogens is 2. The van der Waals surface area contributed by atoms with E-state index in [0.717, 1.165) is 6.07 Å². The van der Waals surface area contributed by atoms with E-state index >= 15 is 0 Å². The highest BCUT2D eigenvalue weighted by Gasteiger charge is 2.35. The quantitative estimate of drug-likeness (QED) is 0.574. The number of nitrogens with zero attached hydrogens (tertiary/aromatic N) is 1. The maximum Gasteiger partial charge on any atom is 0.417 e. The number of nitrogens with one attached hydrogen (secondary N) is 1. The molecule has 8 heteroatoms. The van der Waals surface area contributed by atoms with Crippen LogP contribution in [0, 0.1) is 0 Å². The van der Waals surface area contributed by atoms with Crippen LogP contribution in [0.4, 0.5) is 26.3 Å². The van der Waals surface area contributed by atoms with Crippen molar-refractivity contribution in [2.45, 2.75) is 18.8 Å². The largest absolute Gasteiger partial charge is 0.417 e. The summed E-state index contributed by atoms with van der Waals surface area (Å²) in [5.74, 6) is -0.254. The maximum atomic E-state index is 13.2. The van der Waals surface area contributed by atoms with Gasteiger partial charge in [-0.3, -0.25) is 0 Å². The predicted molar refractivity (Wildman–Crippen MR) is 84.2 cm³/mol. The lowest BCUT2D eigenvalue weighted by Gasteiger charge is -2.10. The summed E-state index contributed by atoms with van der Waals surface area (Å²) in [6.07, 6.45) is -10.5. The van der Waals surface area contributed by atoms with Gasteiger partial charge in [0, 0.05) is 11.1 Å². The van der Waals surface area contributed by atoms with Crippen molar-refractivity contribution in [1.82, 2.24) is 9.97 Å². The van der Waals surface area contributed by atoms with E-state index in [-0.39, 0.29) is 22.8 Å². The minimum atomic E-state index is -4.65. The molecule has 0 spiro atoms. The lowest BCUT2D eigenvalue weighted by molar-refractivity contribution is -0.137. The first-order valence-electron chi connectivity index (χ1n) is 7.53. The van der Waals surface area contributed by atoms with Crippen molar-refractivity contribution in [2.24, 2.45) is 0 Å². The molecule has 1 heterocycles. The number of rotatable bonds is 3. The number of halogens is 6. The number of alkyl halides is 6. The van der Waals surface area contributed by atoms with E-state index in [0.29, 0.717) is 5.56 Å². The molecule has 2 aromatic carbocycles. The zero-order chi connectivity index (χ0) is 18.9. The zero-order valence-corrected chi connectivity index (χ0v) is 13.1. The molecule has 0 aliphatic heterocycles. The number of imidazole rings is 1. The van der Waals surface area contributed by atoms with Crippen LogP contribution in [0.2, 0.25) is 0 Å². The summed E-state index contributed by atoms with van der Waals surface area (Å²) in [7, 11) is 0. The molecule has 1 N–H and O–H groups in total. The fourth-order valence-electron chi connectivity index (χ4n) is 2.64. The Kier molecular flexibility index (Phi) is 4.52. The Labute approximate surface area is 144 Å². The van der Waals surface area contributed by atoms with Crippen LogP contribution in [0.15, 0.2) is 54.6 Å². The topological polar surface area (TPSA) is 28.7 Å². The maximum absolute atomic E-state index is 13.2. The average Bonchev–Trinajstić information content (AvgIpc) is 2.96. The van der Waals surface area contributed by atoms with Crippen LogP contribution < -0.4 is 0 Å². The van der Waals surface area contributed by atoms with Gasteiger partial charge in [0.05, 0.1) is 23.4 Å². The normalized spacial score (nSPS) is 12.4. The number of aromatic amines is 1. The SMILES string of the molecule is FC(F)(F)Cc1[nH]c(-c2ccccc2C(F)(F)F)nc1-c1ccccc1. The van der Waals surface area contributed by atoms with E-state index in [2.05, 4.69) is 9.97 Å². The van der Waals surface area contributed by atoms with Crippen LogP contribution in [0.25, 0.3) is 22.6 Å². The Morgan fingerprint density at radius 3 is 2.04 bits per heavy atom. The molecule has 0 saturated carbocycles. The third-order valence-electron chi connectivity index (χ3n) is 3.69. The molecular formula is C18H12F6N2. The summed E-state index contributed by atoms with van der Waals surface area (Å²) in [4.78, 5) is 6.49. The molecule has 1 aromatic heterocycles. The van der Waals surface area contributed by atoms with Gasteiger partial charge in [-0.25, -0.2) is 4.98 Å². The molecule has 3 aromatic rings. The second-order valence-electron chi connectivity index (χ2n) is 5.61. The van der Waals surface area contributed by atoms with Gasteiger partial charge in [0.15, 0.2) is 0 Å². The van der Waals surface area contributed by atoms with Crippen molar-refractivity contribution in [3.63, 3.8) is 0 Å². The Morgan fingerprint density at radius 2 is 1.42 bits per heavy atom. The Morgan fingerprint density at radius 1 is 0.808 bits per heavy atom. The van der Waals surface area contributed by atoms with E-state index in [1.54, 1.807) is 30.3 Å². The second-order valence-corrected chi connectivity index (χ2v) is 5.61. The number of benzene rings is 2. The van der Waals surface area contributed by atoms with Gasteiger partial charge < -0.3 is 4.98 Å². The number of H-pyrrole nitrogens is 1. The Hall–Kier alpha value is -2.77. The van der Waals surface area contributed by atoms with Crippen molar-refractivity contribution < 1.29 is 26.3 Å². The van der Waals surface area contributed by atoms with Crippen molar-refractivity contribution in [3.8, 4) is 22.6 Å². The monoisotopic (exact) mass is 370 g/mol. The average molecular weight is 370 g/mol. The number of hydrogen-bond donors (Lipinski definition) is 1. The molecule has 0 atom stereocenters. The molecule has 0 bridgehead atoms. The summed E-state index contributed by atoms with van der Waals surface area (Å²) < 4.78 is 78.3. The molecule has 0 aliphatic carbocycles. The van der Waals surface area contributed by atoms with E-state index in [1.165, 1.54) is 18.2 Å². The fourth-order valence-corrected chi connectivity index (χ4v) is 2.64. The molecule has 0 fully saturated rings. The van der Waals surface area contributed by atoms with Gasteiger partial charge in [-0.2, -0.15) is 26.3 Å². The first-order chi connectivity index (χ1) is 12.1. The smallest absolute Gasteiger partial charge is 0.341 e. The molecule has 0 radical (unpaired) electrons. The molecule has 0 aliphatic rings. The third kappa shape index (κ3) is 3.89. The summed E-state index contributed by atoms with van der Waals surface area (Å²) in [5.41, 5.74) is -1.18. The summed E-state index contributed by atoms with van der Waals surface area (Å²) in [6.45, 7) is 0. The van der Waals surface area contributed by atoms with Crippen LogP contribution in [-0.4, -0.2) is 16.1 Å². The van der Waals surface area contributed by atoms with Gasteiger partial charge in [0.25, 0.3) is 0 Å². The zero-order valence-electron chi connectivity index (χ0n) is 13.1. The molecule has 0 amide bonds. The van der Waals surface area contributed by atoms with Crippen molar-refractivity contribution >= 4 is 0 Å². The molecule has 0 saturated heterocycles. The van der Waals surface area contributed by atoms with Gasteiger partial charge in [-0.15, -0.1) is 0 Å². The van der Waals surface area contributed by atoms with E-state index in [1.807, 2.05) is 0 Å². The van der Waals surface area contributed by atoms with Gasteiger partial charge >= 0.3 is 12.4 Å². The van der Waals surface area contributed by atoms with Gasteiger partial charge in [-0.1, -0.05) is 48.5 Å². The lowest BCUT2D eigenvalue weighted by atomic mass is 10.1. The highest BCUT2D eigenvalue weighted by atomic mass is 19.4. The first kappa shape index (κ1) is 18.0. The van der Waals surface area contributed by atoms with Crippen LogP contribution in [0.5, 0.6) is 0 Å². The fraction of sp³-hybridized carbons (Fsp3) is 0.167. The molecule has 136 valence electrons. The molecule has 0 unspecified atom stereocenters. The van der Waals surface area contributed by atoms with Gasteiger partial charge in [-0.05, 0) is 6.07 Å². The Balaban J connectivity index is 2.17. The molecule has 3 rings (SSSR count). The van der Waals surface area contributed by atoms with Gasteiger partial charge in [0.1, 0.15) is 5.82 Å². The molecule has 26 heavy (non-hydrogen) atoms. The van der Waals surface area contributed by atoms with Crippen molar-refractivity contribution in [3.05, 3.63) is 65.9 Å². The highest BCUT2D eigenvalue weighted by Crippen LogP contribution is 2.38. The second kappa shape index (κ2) is 6.51. The van der Waals surface area contributed by atoms with E-state index in [9.17, 15) is 26.3 Å². The van der Waals surface area contributed by atoms with Crippen LogP contribution in [-0.2, 0) is 12.6 Å². The summed E-state index contributed by atoms with van der Waals surface area (Å²) >= 11 is 0. The number of hydrogen-bond acceptors (Lipinski definition) is 1. The lowest BCUT2D eigenvalue weighted by Crippen LogP contribution is -2.12. The van der Waals surface area contributed by atoms with Crippen molar-refractivity contribution in [1.29, 1.82) is 0 Å². The first-order valence-corrected chi connectivity index (χ1v) is 7.53. The van der Waals surface area contributed by atoms with Crippen LogP contribution in [0.1, 0.15) is 11.3 Å². The highest BCUT2D eigenvalue weighted by molar-refractivity contribution is 5.69. The van der Waals surface area contributed by atoms with Crippen molar-refractivity contribution in [2.75, 3.05) is 0 Å². The third-order valence-corrected chi connectivity index (χ3v) is 3.69. The minimum absolute atomic E-state index is 0.0186. The molecule has 2 nitrogen and oxygen atoms in total. The Bertz CT molecular complexity index is 894. The van der Waals surface area contributed by atoms with E-state index in [4.69, 9.17) is 0 Å². The van der Waals surface area contributed by atoms with Crippen LogP contribution >= 0.6 is 0 Å². The standard InChI is InChI=1S/C18H12F6N2/c19-17(20,21)10-14-15(11-6-2-1-3-7-11)26-16(25-14)12-8-4-5-9-13(12)18(22,23)24/h1-9H,10H2,(H,25,26). The molecular weight excluding hydrogens is 358 g/mol. The minimum Gasteiger partial charge on any atom is -0.341 e. The summed E-state index contributed by atoms with van der Waals surface area (Å²) in [5, 5.41) is 0.